The normalized spacial score (nSPS) is 14.3. The van der Waals surface area contributed by atoms with Gasteiger partial charge in [-0.3, -0.25) is 0 Å². The Hall–Kier alpha value is -2.59. The number of benzene rings is 2. The van der Waals surface area contributed by atoms with Gasteiger partial charge < -0.3 is 10.2 Å². The van der Waals surface area contributed by atoms with Crippen LogP contribution in [0.2, 0.25) is 0 Å². The average Bonchev–Trinajstić information content (AvgIpc) is 2.55. The second-order valence-corrected chi connectivity index (χ2v) is 8.14. The Kier molecular flexibility index (Phi) is 6.01. The highest BCUT2D eigenvalue weighted by molar-refractivity contribution is 5.46. The Morgan fingerprint density at radius 3 is 2.07 bits per heavy atom. The zero-order valence-corrected chi connectivity index (χ0v) is 16.7. The molecule has 2 aromatic rings. The SMILES string of the molecule is Cc1cc(CC(O)(CC(C)(C)c2cc(F)ccc2O)C(F)(F)F)cc(C)c1C#N. The molecular weight excluding hydrogens is 386 g/mol. The van der Waals surface area contributed by atoms with Crippen LogP contribution in [0.25, 0.3) is 0 Å². The van der Waals surface area contributed by atoms with Crippen molar-refractivity contribution in [2.45, 2.75) is 57.7 Å². The van der Waals surface area contributed by atoms with E-state index >= 15 is 0 Å². The number of aromatic hydroxyl groups is 1. The number of halogens is 4. The summed E-state index contributed by atoms with van der Waals surface area (Å²) in [6, 6.07) is 7.97. The maximum atomic E-state index is 13.9. The molecule has 0 radical (unpaired) electrons. The molecule has 156 valence electrons. The van der Waals surface area contributed by atoms with E-state index in [1.54, 1.807) is 13.8 Å². The molecule has 1 atom stereocenters. The molecule has 2 N–H and O–H groups in total. The Morgan fingerprint density at radius 2 is 1.59 bits per heavy atom. The van der Waals surface area contributed by atoms with Crippen molar-refractivity contribution >= 4 is 0 Å². The lowest BCUT2D eigenvalue weighted by atomic mass is 9.72. The number of aryl methyl sites for hydroxylation is 2. The van der Waals surface area contributed by atoms with Gasteiger partial charge in [-0.2, -0.15) is 18.4 Å². The molecular formula is C22H23F4NO2. The minimum absolute atomic E-state index is 0.0210. The number of nitriles is 1. The summed E-state index contributed by atoms with van der Waals surface area (Å²) in [6.07, 6.45) is -6.50. The highest BCUT2D eigenvalue weighted by Gasteiger charge is 2.56. The molecule has 0 saturated heterocycles. The fourth-order valence-electron chi connectivity index (χ4n) is 3.81. The van der Waals surface area contributed by atoms with E-state index in [0.717, 1.165) is 18.2 Å². The lowest BCUT2D eigenvalue weighted by Crippen LogP contribution is -2.50. The molecule has 0 aliphatic heterocycles. The van der Waals surface area contributed by atoms with E-state index in [-0.39, 0.29) is 16.9 Å². The molecule has 2 aromatic carbocycles. The monoisotopic (exact) mass is 409 g/mol. The molecule has 0 aliphatic carbocycles. The summed E-state index contributed by atoms with van der Waals surface area (Å²) in [5, 5.41) is 29.9. The summed E-state index contributed by atoms with van der Waals surface area (Å²) in [4.78, 5) is 0. The van der Waals surface area contributed by atoms with Crippen molar-refractivity contribution in [1.29, 1.82) is 5.26 Å². The molecule has 2 rings (SSSR count). The molecule has 3 nitrogen and oxygen atoms in total. The Morgan fingerprint density at radius 1 is 1.03 bits per heavy atom. The van der Waals surface area contributed by atoms with E-state index in [2.05, 4.69) is 0 Å². The van der Waals surface area contributed by atoms with E-state index in [4.69, 9.17) is 5.26 Å². The standard InChI is InChI=1S/C22H23F4NO2/c1-13-7-15(8-14(2)17(13)11-27)10-21(29,22(24,25)26)12-20(3,4)18-9-16(23)5-6-19(18)28/h5-9,28-29H,10,12H2,1-4H3. The van der Waals surface area contributed by atoms with E-state index in [1.165, 1.54) is 26.0 Å². The summed E-state index contributed by atoms with van der Waals surface area (Å²) >= 11 is 0. The highest BCUT2D eigenvalue weighted by atomic mass is 19.4. The first kappa shape index (κ1) is 22.7. The van der Waals surface area contributed by atoms with Gasteiger partial charge in [0.1, 0.15) is 11.6 Å². The van der Waals surface area contributed by atoms with Crippen LogP contribution in [0.4, 0.5) is 17.6 Å². The van der Waals surface area contributed by atoms with E-state index in [9.17, 15) is 27.8 Å². The molecule has 0 aromatic heterocycles. The van der Waals surface area contributed by atoms with Crippen LogP contribution in [-0.4, -0.2) is 22.0 Å². The number of phenols is 1. The lowest BCUT2D eigenvalue weighted by Gasteiger charge is -2.38. The van der Waals surface area contributed by atoms with Gasteiger partial charge in [-0.1, -0.05) is 26.0 Å². The summed E-state index contributed by atoms with van der Waals surface area (Å²) in [5.41, 5.74) is -2.86. The predicted octanol–water partition coefficient (Wildman–Crippen LogP) is 5.22. The predicted molar refractivity (Wildman–Crippen MR) is 101 cm³/mol. The number of aliphatic hydroxyl groups is 1. The summed E-state index contributed by atoms with van der Waals surface area (Å²) in [5.74, 6) is -1.04. The van der Waals surface area contributed by atoms with Crippen molar-refractivity contribution in [1.82, 2.24) is 0 Å². The summed E-state index contributed by atoms with van der Waals surface area (Å²) in [7, 11) is 0. The van der Waals surface area contributed by atoms with Gasteiger partial charge in [-0.05, 0) is 60.6 Å². The van der Waals surface area contributed by atoms with Crippen LogP contribution in [-0.2, 0) is 11.8 Å². The molecule has 0 fully saturated rings. The van der Waals surface area contributed by atoms with Gasteiger partial charge in [0.15, 0.2) is 5.60 Å². The van der Waals surface area contributed by atoms with Crippen LogP contribution in [0.1, 0.15) is 48.1 Å². The third kappa shape index (κ3) is 4.70. The zero-order valence-electron chi connectivity index (χ0n) is 16.7. The van der Waals surface area contributed by atoms with Crippen molar-refractivity contribution in [3.63, 3.8) is 0 Å². The van der Waals surface area contributed by atoms with E-state index < -0.39 is 35.9 Å². The second-order valence-electron chi connectivity index (χ2n) is 8.14. The Labute approximate surface area is 167 Å². The number of alkyl halides is 3. The number of hydrogen-bond donors (Lipinski definition) is 2. The maximum absolute atomic E-state index is 13.9. The van der Waals surface area contributed by atoms with Crippen molar-refractivity contribution in [2.75, 3.05) is 0 Å². The van der Waals surface area contributed by atoms with Crippen LogP contribution >= 0.6 is 0 Å². The number of phenolic OH excluding ortho intramolecular Hbond substituents is 1. The smallest absolute Gasteiger partial charge is 0.417 e. The van der Waals surface area contributed by atoms with Crippen LogP contribution < -0.4 is 0 Å². The fraction of sp³-hybridized carbons (Fsp3) is 0.409. The summed E-state index contributed by atoms with van der Waals surface area (Å²) in [6.45, 7) is 6.06. The van der Waals surface area contributed by atoms with Gasteiger partial charge in [0.05, 0.1) is 11.6 Å². The number of hydrogen-bond acceptors (Lipinski definition) is 3. The number of nitrogens with zero attached hydrogens (tertiary/aromatic N) is 1. The maximum Gasteiger partial charge on any atom is 0.417 e. The van der Waals surface area contributed by atoms with Gasteiger partial charge in [0.2, 0.25) is 0 Å². The third-order valence-corrected chi connectivity index (χ3v) is 5.15. The van der Waals surface area contributed by atoms with Crippen molar-refractivity contribution in [2.24, 2.45) is 0 Å². The molecule has 0 spiro atoms. The van der Waals surface area contributed by atoms with Gasteiger partial charge in [-0.25, -0.2) is 4.39 Å². The molecule has 7 heteroatoms. The molecule has 0 saturated carbocycles. The minimum atomic E-state index is -4.97. The average molecular weight is 409 g/mol. The highest BCUT2D eigenvalue weighted by Crippen LogP contribution is 2.45. The molecule has 0 bridgehead atoms. The molecule has 0 aliphatic rings. The molecule has 1 unspecified atom stereocenters. The topological polar surface area (TPSA) is 64.2 Å². The largest absolute Gasteiger partial charge is 0.508 e. The lowest BCUT2D eigenvalue weighted by molar-refractivity contribution is -0.266. The van der Waals surface area contributed by atoms with Crippen LogP contribution in [0.3, 0.4) is 0 Å². The van der Waals surface area contributed by atoms with Crippen LogP contribution in [0, 0.1) is 31.0 Å². The fourth-order valence-corrected chi connectivity index (χ4v) is 3.81. The van der Waals surface area contributed by atoms with Gasteiger partial charge >= 0.3 is 6.18 Å². The Balaban J connectivity index is 2.48. The first-order chi connectivity index (χ1) is 13.2. The molecule has 29 heavy (non-hydrogen) atoms. The quantitative estimate of drug-likeness (QED) is 0.665. The van der Waals surface area contributed by atoms with Gasteiger partial charge in [-0.15, -0.1) is 0 Å². The van der Waals surface area contributed by atoms with Crippen molar-refractivity contribution in [3.8, 4) is 11.8 Å². The second kappa shape index (κ2) is 7.68. The first-order valence-corrected chi connectivity index (χ1v) is 8.98. The van der Waals surface area contributed by atoms with Gasteiger partial charge in [0, 0.05) is 12.0 Å². The van der Waals surface area contributed by atoms with Gasteiger partial charge in [0.25, 0.3) is 0 Å². The minimum Gasteiger partial charge on any atom is -0.508 e. The third-order valence-electron chi connectivity index (χ3n) is 5.15. The van der Waals surface area contributed by atoms with E-state index in [1.807, 2.05) is 6.07 Å². The molecule has 0 heterocycles. The van der Waals surface area contributed by atoms with E-state index in [0.29, 0.717) is 16.7 Å². The first-order valence-electron chi connectivity index (χ1n) is 8.98. The Bertz CT molecular complexity index is 937. The zero-order chi connectivity index (χ0) is 22.2. The van der Waals surface area contributed by atoms with Crippen LogP contribution in [0.15, 0.2) is 30.3 Å². The van der Waals surface area contributed by atoms with Crippen LogP contribution in [0.5, 0.6) is 5.75 Å². The van der Waals surface area contributed by atoms with Crippen molar-refractivity contribution < 1.29 is 27.8 Å². The number of rotatable bonds is 5. The van der Waals surface area contributed by atoms with Crippen molar-refractivity contribution in [3.05, 3.63) is 64.0 Å². The summed E-state index contributed by atoms with van der Waals surface area (Å²) < 4.78 is 55.4. The molecule has 0 amide bonds.